The van der Waals surface area contributed by atoms with Gasteiger partial charge in [-0.15, -0.1) is 0 Å². The van der Waals surface area contributed by atoms with Crippen LogP contribution in [0.3, 0.4) is 0 Å². The standard InChI is InChI=1S/C26H29N3O4/c1-4-33-26(32)28-13-10-19(11-14-28)29-15-12-21-22(25(29)31)6-5-7-23(21)27-24(30)20-9-8-17(2)16-18(20)3/h5-9,12,15-16,19H,4,10-11,13-14H2,1-3H3,(H,27,30). The van der Waals surface area contributed by atoms with Crippen LogP contribution in [-0.4, -0.2) is 41.2 Å². The van der Waals surface area contributed by atoms with E-state index in [2.05, 4.69) is 5.32 Å². The van der Waals surface area contributed by atoms with Crippen LogP contribution in [0.4, 0.5) is 10.5 Å². The van der Waals surface area contributed by atoms with Crippen LogP contribution in [0.15, 0.2) is 53.5 Å². The van der Waals surface area contributed by atoms with E-state index in [1.165, 1.54) is 0 Å². The van der Waals surface area contributed by atoms with Crippen molar-refractivity contribution in [3.8, 4) is 0 Å². The lowest BCUT2D eigenvalue weighted by atomic mass is 10.0. The topological polar surface area (TPSA) is 80.6 Å². The molecule has 7 heteroatoms. The number of pyridine rings is 1. The third-order valence-electron chi connectivity index (χ3n) is 6.23. The number of fused-ring (bicyclic) bond motifs is 1. The van der Waals surface area contributed by atoms with Crippen LogP contribution < -0.4 is 10.9 Å². The minimum absolute atomic E-state index is 0.0148. The number of carbonyl (C=O) groups excluding carboxylic acids is 2. The van der Waals surface area contributed by atoms with E-state index >= 15 is 0 Å². The molecule has 0 bridgehead atoms. The van der Waals surface area contributed by atoms with Gasteiger partial charge in [0.15, 0.2) is 0 Å². The molecule has 7 nitrogen and oxygen atoms in total. The average molecular weight is 448 g/mol. The fourth-order valence-electron chi connectivity index (χ4n) is 4.49. The molecule has 0 radical (unpaired) electrons. The summed E-state index contributed by atoms with van der Waals surface area (Å²) in [5, 5.41) is 4.24. The lowest BCUT2D eigenvalue weighted by Crippen LogP contribution is -2.41. The normalized spacial score (nSPS) is 14.3. The first-order chi connectivity index (χ1) is 15.9. The Hall–Kier alpha value is -3.61. The number of nitrogens with one attached hydrogen (secondary N) is 1. The van der Waals surface area contributed by atoms with Gasteiger partial charge in [-0.25, -0.2) is 4.79 Å². The number of ether oxygens (including phenoxy) is 1. The average Bonchev–Trinajstić information content (AvgIpc) is 2.80. The van der Waals surface area contributed by atoms with Crippen molar-refractivity contribution in [2.45, 2.75) is 39.7 Å². The van der Waals surface area contributed by atoms with Crippen molar-refractivity contribution in [1.82, 2.24) is 9.47 Å². The number of piperidine rings is 1. The maximum atomic E-state index is 13.3. The Labute approximate surface area is 193 Å². The molecule has 33 heavy (non-hydrogen) atoms. The van der Waals surface area contributed by atoms with Crippen LogP contribution in [0.5, 0.6) is 0 Å². The Morgan fingerprint density at radius 2 is 1.82 bits per heavy atom. The molecule has 0 atom stereocenters. The van der Waals surface area contributed by atoms with Gasteiger partial charge in [-0.1, -0.05) is 23.8 Å². The lowest BCUT2D eigenvalue weighted by molar-refractivity contribution is 0.0923. The summed E-state index contributed by atoms with van der Waals surface area (Å²) >= 11 is 0. The first kappa shape index (κ1) is 22.6. The molecule has 2 heterocycles. The predicted octanol–water partition coefficient (Wildman–Crippen LogP) is 4.66. The fraction of sp³-hybridized carbons (Fsp3) is 0.346. The van der Waals surface area contributed by atoms with Gasteiger partial charge in [-0.05, 0) is 63.4 Å². The van der Waals surface area contributed by atoms with E-state index in [4.69, 9.17) is 4.74 Å². The van der Waals surface area contributed by atoms with Crippen molar-refractivity contribution in [1.29, 1.82) is 0 Å². The van der Waals surface area contributed by atoms with Crippen LogP contribution in [0.25, 0.3) is 10.8 Å². The van der Waals surface area contributed by atoms with Crippen LogP contribution in [0.1, 0.15) is 47.3 Å². The van der Waals surface area contributed by atoms with E-state index in [1.54, 1.807) is 34.7 Å². The summed E-state index contributed by atoms with van der Waals surface area (Å²) in [5.41, 5.74) is 3.13. The van der Waals surface area contributed by atoms with Crippen LogP contribution in [0, 0.1) is 13.8 Å². The summed E-state index contributed by atoms with van der Waals surface area (Å²) in [5.74, 6) is -0.199. The number of rotatable bonds is 4. The Bertz CT molecular complexity index is 1260. The first-order valence-corrected chi connectivity index (χ1v) is 11.3. The summed E-state index contributed by atoms with van der Waals surface area (Å²) in [6.45, 7) is 7.16. The second kappa shape index (κ2) is 9.48. The Kier molecular flexibility index (Phi) is 6.49. The summed E-state index contributed by atoms with van der Waals surface area (Å²) in [7, 11) is 0. The first-order valence-electron chi connectivity index (χ1n) is 11.3. The molecule has 0 aliphatic carbocycles. The molecule has 1 N–H and O–H groups in total. The molecule has 2 amide bonds. The molecule has 3 aromatic rings. The van der Waals surface area contributed by atoms with E-state index in [1.807, 2.05) is 44.2 Å². The summed E-state index contributed by atoms with van der Waals surface area (Å²) in [6, 6.07) is 13.0. The summed E-state index contributed by atoms with van der Waals surface area (Å²) in [6.07, 6.45) is 2.87. The minimum atomic E-state index is -0.300. The predicted molar refractivity (Wildman–Crippen MR) is 129 cm³/mol. The highest BCUT2D eigenvalue weighted by molar-refractivity contribution is 6.09. The molecule has 0 unspecified atom stereocenters. The maximum Gasteiger partial charge on any atom is 0.409 e. The Morgan fingerprint density at radius 3 is 2.52 bits per heavy atom. The second-order valence-electron chi connectivity index (χ2n) is 8.48. The third-order valence-corrected chi connectivity index (χ3v) is 6.23. The number of likely N-dealkylation sites (tertiary alicyclic amines) is 1. The van der Waals surface area contributed by atoms with Crippen molar-refractivity contribution in [2.24, 2.45) is 0 Å². The highest BCUT2D eigenvalue weighted by atomic mass is 16.6. The van der Waals surface area contributed by atoms with E-state index in [-0.39, 0.29) is 23.6 Å². The summed E-state index contributed by atoms with van der Waals surface area (Å²) in [4.78, 5) is 39.8. The Balaban J connectivity index is 1.57. The van der Waals surface area contributed by atoms with Crippen LogP contribution >= 0.6 is 0 Å². The molecular formula is C26H29N3O4. The van der Waals surface area contributed by atoms with Gasteiger partial charge in [0.2, 0.25) is 0 Å². The maximum absolute atomic E-state index is 13.3. The van der Waals surface area contributed by atoms with Gasteiger partial charge in [0.1, 0.15) is 0 Å². The van der Waals surface area contributed by atoms with E-state index < -0.39 is 0 Å². The molecule has 2 aromatic carbocycles. The largest absolute Gasteiger partial charge is 0.450 e. The van der Waals surface area contributed by atoms with Gasteiger partial charge < -0.3 is 19.5 Å². The van der Waals surface area contributed by atoms with Crippen molar-refractivity contribution in [3.05, 3.63) is 75.7 Å². The molecule has 172 valence electrons. The number of aromatic nitrogens is 1. The molecule has 4 rings (SSSR count). The molecule has 1 fully saturated rings. The van der Waals surface area contributed by atoms with Gasteiger partial charge >= 0.3 is 6.09 Å². The van der Waals surface area contributed by atoms with Gasteiger partial charge in [0.05, 0.1) is 6.61 Å². The van der Waals surface area contributed by atoms with Gasteiger partial charge in [-0.2, -0.15) is 0 Å². The zero-order valence-electron chi connectivity index (χ0n) is 19.3. The number of hydrogen-bond donors (Lipinski definition) is 1. The molecule has 1 aliphatic heterocycles. The zero-order chi connectivity index (χ0) is 23.5. The number of nitrogens with zero attached hydrogens (tertiary/aromatic N) is 2. The van der Waals surface area contributed by atoms with Gasteiger partial charge in [-0.3, -0.25) is 9.59 Å². The number of hydrogen-bond acceptors (Lipinski definition) is 4. The molecule has 1 aromatic heterocycles. The van der Waals surface area contributed by atoms with E-state index in [9.17, 15) is 14.4 Å². The number of anilines is 1. The fourth-order valence-corrected chi connectivity index (χ4v) is 4.49. The smallest absolute Gasteiger partial charge is 0.409 e. The molecule has 0 saturated carbocycles. The monoisotopic (exact) mass is 447 g/mol. The SMILES string of the molecule is CCOC(=O)N1CCC(n2ccc3c(NC(=O)c4ccc(C)cc4C)cccc3c2=O)CC1. The second-order valence-corrected chi connectivity index (χ2v) is 8.48. The molecular weight excluding hydrogens is 418 g/mol. The zero-order valence-corrected chi connectivity index (χ0v) is 19.3. The van der Waals surface area contributed by atoms with E-state index in [0.717, 1.165) is 11.1 Å². The Morgan fingerprint density at radius 1 is 1.06 bits per heavy atom. The number of amides is 2. The number of aryl methyl sites for hydroxylation is 2. The third kappa shape index (κ3) is 4.62. The van der Waals surface area contributed by atoms with Crippen molar-refractivity contribution in [2.75, 3.05) is 25.0 Å². The lowest BCUT2D eigenvalue weighted by Gasteiger charge is -2.32. The number of carbonyl (C=O) groups is 2. The van der Waals surface area contributed by atoms with Crippen molar-refractivity contribution < 1.29 is 14.3 Å². The number of benzene rings is 2. The van der Waals surface area contributed by atoms with Gasteiger partial charge in [0.25, 0.3) is 11.5 Å². The molecule has 1 saturated heterocycles. The van der Waals surface area contributed by atoms with Crippen molar-refractivity contribution >= 4 is 28.5 Å². The minimum Gasteiger partial charge on any atom is -0.450 e. The quantitative estimate of drug-likeness (QED) is 0.631. The van der Waals surface area contributed by atoms with Gasteiger partial charge in [0, 0.05) is 47.4 Å². The van der Waals surface area contributed by atoms with Crippen molar-refractivity contribution in [3.63, 3.8) is 0 Å². The molecule has 1 aliphatic rings. The molecule has 0 spiro atoms. The highest BCUT2D eigenvalue weighted by Crippen LogP contribution is 2.26. The summed E-state index contributed by atoms with van der Waals surface area (Å²) < 4.78 is 6.83. The highest BCUT2D eigenvalue weighted by Gasteiger charge is 2.25. The van der Waals surface area contributed by atoms with E-state index in [0.29, 0.717) is 54.6 Å². The van der Waals surface area contributed by atoms with Crippen LogP contribution in [-0.2, 0) is 4.74 Å². The van der Waals surface area contributed by atoms with Crippen LogP contribution in [0.2, 0.25) is 0 Å².